The van der Waals surface area contributed by atoms with Crippen LogP contribution in [-0.2, 0) is 47.4 Å². The number of carbonyl (C=O) groups excluding carboxylic acids is 8. The zero-order valence-corrected chi connectivity index (χ0v) is 55.0. The summed E-state index contributed by atoms with van der Waals surface area (Å²) in [5, 5.41) is 270. The molecule has 4 aliphatic heterocycles. The molecule has 4 heterocycles. The molecule has 0 radical (unpaired) electrons. The molecule has 0 saturated carbocycles. The van der Waals surface area contributed by atoms with Crippen molar-refractivity contribution < 1.29 is 218 Å². The Morgan fingerprint density at radius 3 is 1.16 bits per heavy atom. The lowest BCUT2D eigenvalue weighted by Crippen LogP contribution is -2.63. The second-order valence-corrected chi connectivity index (χ2v) is 24.3. The number of aliphatic hydroxyl groups excluding tert-OH is 2. The zero-order valence-electron chi connectivity index (χ0n) is 55.0. The van der Waals surface area contributed by atoms with Crippen molar-refractivity contribution in [3.63, 3.8) is 0 Å². The summed E-state index contributed by atoms with van der Waals surface area (Å²) >= 11 is 0. The van der Waals surface area contributed by atoms with Crippen LogP contribution in [0.15, 0.2) is 66.7 Å². The highest BCUT2D eigenvalue weighted by atomic mass is 16.8. The number of ether oxygens (including phenoxy) is 11. The minimum atomic E-state index is -2.78. The molecular weight excluding hydrogens is 1520 g/mol. The second kappa shape index (κ2) is 28.4. The summed E-state index contributed by atoms with van der Waals surface area (Å²) in [6.45, 7) is -2.90. The summed E-state index contributed by atoms with van der Waals surface area (Å²) in [7, 11) is 0. The predicted molar refractivity (Wildman–Crippen MR) is 345 cm³/mol. The lowest BCUT2D eigenvalue weighted by Gasteiger charge is -2.44. The average Bonchev–Trinajstić information content (AvgIpc) is 1.10. The molecule has 0 aliphatic carbocycles. The molecule has 0 amide bonds. The summed E-state index contributed by atoms with van der Waals surface area (Å²) in [5.74, 6) is -50.2. The minimum absolute atomic E-state index is 0.208. The Kier molecular flexibility index (Phi) is 19.3. The van der Waals surface area contributed by atoms with E-state index in [1.54, 1.807) is 0 Å². The molecule has 586 valence electrons. The maximum Gasteiger partial charge on any atom is 0.342 e. The van der Waals surface area contributed by atoms with Gasteiger partial charge in [0.25, 0.3) is 0 Å². The number of phenols is 23. The molecule has 0 aromatic heterocycles. The smallest absolute Gasteiger partial charge is 0.342 e. The Bertz CT molecular complexity index is 5320. The van der Waals surface area contributed by atoms with E-state index in [0.717, 1.165) is 0 Å². The first-order valence-electron chi connectivity index (χ1n) is 31.1. The van der Waals surface area contributed by atoms with E-state index < -0.39 is 333 Å². The van der Waals surface area contributed by atoms with Gasteiger partial charge in [0.15, 0.2) is 128 Å². The summed E-state index contributed by atoms with van der Waals surface area (Å²) in [5.41, 5.74) is -14.2. The molecule has 0 bridgehead atoms. The van der Waals surface area contributed by atoms with Crippen molar-refractivity contribution in [1.29, 1.82) is 0 Å². The molecular formula is C68H50O44. The fourth-order valence-corrected chi connectivity index (χ4v) is 11.8. The van der Waals surface area contributed by atoms with Crippen LogP contribution in [0, 0.1) is 0 Å². The van der Waals surface area contributed by atoms with Gasteiger partial charge in [-0.15, -0.1) is 0 Å². The third-order valence-corrected chi connectivity index (χ3v) is 17.3. The first-order chi connectivity index (χ1) is 52.7. The molecule has 2 fully saturated rings. The minimum Gasteiger partial charge on any atom is -0.504 e. The molecule has 8 aromatic rings. The van der Waals surface area contributed by atoms with Gasteiger partial charge in [0, 0.05) is 34.4 Å². The Morgan fingerprint density at radius 2 is 0.714 bits per heavy atom. The maximum atomic E-state index is 15.1. The van der Waals surface area contributed by atoms with E-state index in [0.29, 0.717) is 48.5 Å². The average molecular weight is 1570 g/mol. The highest BCUT2D eigenvalue weighted by molar-refractivity contribution is 6.10. The van der Waals surface area contributed by atoms with Crippen LogP contribution < -0.4 is 4.74 Å². The lowest BCUT2D eigenvalue weighted by atomic mass is 9.91. The normalized spacial score (nSPS) is 20.6. The van der Waals surface area contributed by atoms with Gasteiger partial charge in [-0.2, -0.15) is 0 Å². The van der Waals surface area contributed by atoms with Crippen LogP contribution in [-0.4, -0.2) is 250 Å². The molecule has 0 unspecified atom stereocenters. The SMILES string of the molecule is O=C(OC[C@H]1O[C@@H](OC(=O)c2cc(O)c(O)c(O)c2)[C@H](O)[C@@H](O)[C@@H]1OC(=O)c1cc(O)c(O)c(O)c1Oc1cc2c(c(O)c1O)-c1c(cc(O)c(O)c1O)C(=O)O[C@H]1[C@@H]3OC(=O)c4cc(O)c(O)c(O)c4-c4c(cc(O)c(O)c4O)C(=O)O[C@H]3[C@H](OC(=O)c3cc(O)c(O)c(O)c3)O[C@@H]1COC2=O)c1cc(O)c(O)c(O)c1. The van der Waals surface area contributed by atoms with E-state index in [1.807, 2.05) is 0 Å². The Hall–Kier alpha value is -15.4. The lowest BCUT2D eigenvalue weighted by molar-refractivity contribution is -0.284. The number of cyclic esters (lactones) is 1. The largest absolute Gasteiger partial charge is 0.504 e. The topological polar surface area (TPSA) is 744 Å². The van der Waals surface area contributed by atoms with E-state index in [9.17, 15) is 156 Å². The number of hydrogen-bond acceptors (Lipinski definition) is 44. The van der Waals surface area contributed by atoms with Crippen molar-refractivity contribution in [3.05, 3.63) is 111 Å². The number of benzene rings is 8. The van der Waals surface area contributed by atoms with Crippen molar-refractivity contribution in [2.24, 2.45) is 0 Å². The van der Waals surface area contributed by atoms with E-state index in [2.05, 4.69) is 0 Å². The zero-order chi connectivity index (χ0) is 81.7. The van der Waals surface area contributed by atoms with Gasteiger partial charge >= 0.3 is 47.8 Å². The van der Waals surface area contributed by atoms with E-state index in [-0.39, 0.29) is 18.2 Å². The molecule has 112 heavy (non-hydrogen) atoms. The fraction of sp³-hybridized carbons (Fsp3) is 0.176. The number of carbonyl (C=O) groups is 8. The van der Waals surface area contributed by atoms with Crippen molar-refractivity contribution in [1.82, 2.24) is 0 Å². The number of esters is 8. The van der Waals surface area contributed by atoms with Gasteiger partial charge in [0.2, 0.25) is 53.2 Å². The maximum absolute atomic E-state index is 15.1. The van der Waals surface area contributed by atoms with Gasteiger partial charge in [-0.25, -0.2) is 38.4 Å². The first-order valence-corrected chi connectivity index (χ1v) is 31.1. The number of phenolic OH excluding ortho intramolecular Hbond substituents is 23. The van der Waals surface area contributed by atoms with Crippen molar-refractivity contribution in [2.45, 2.75) is 61.4 Å². The molecule has 8 aromatic carbocycles. The quantitative estimate of drug-likeness (QED) is 0.0498. The third-order valence-electron chi connectivity index (χ3n) is 17.3. The molecule has 0 spiro atoms. The van der Waals surface area contributed by atoms with E-state index in [1.165, 1.54) is 0 Å². The molecule has 12 rings (SSSR count). The van der Waals surface area contributed by atoms with Gasteiger partial charge in [-0.3, -0.25) is 0 Å². The van der Waals surface area contributed by atoms with Crippen LogP contribution in [0.1, 0.15) is 82.9 Å². The van der Waals surface area contributed by atoms with Crippen LogP contribution in [0.5, 0.6) is 144 Å². The van der Waals surface area contributed by atoms with Crippen LogP contribution >= 0.6 is 0 Å². The Morgan fingerprint density at radius 1 is 0.348 bits per heavy atom. The number of aliphatic hydroxyl groups is 2. The van der Waals surface area contributed by atoms with E-state index >= 15 is 9.59 Å². The van der Waals surface area contributed by atoms with Gasteiger partial charge in [0.1, 0.15) is 43.2 Å². The van der Waals surface area contributed by atoms with Crippen LogP contribution in [0.2, 0.25) is 0 Å². The Balaban J connectivity index is 0.943. The fourth-order valence-electron chi connectivity index (χ4n) is 11.8. The first kappa shape index (κ1) is 76.2. The number of rotatable bonds is 11. The summed E-state index contributed by atoms with van der Waals surface area (Å²) in [4.78, 5) is 115. The number of fused-ring (bicyclic) bond motifs is 9. The van der Waals surface area contributed by atoms with Gasteiger partial charge in [0.05, 0.1) is 38.9 Å². The monoisotopic (exact) mass is 1570 g/mol. The second-order valence-electron chi connectivity index (χ2n) is 24.3. The highest BCUT2D eigenvalue weighted by Gasteiger charge is 2.57. The molecule has 44 heteroatoms. The highest BCUT2D eigenvalue weighted by Crippen LogP contribution is 2.58. The van der Waals surface area contributed by atoms with Gasteiger partial charge < -0.3 is 180 Å². The standard InChI is InChI=1S/C68H50O44/c69-22-1-14(2-23(70)39(22)79)59(94)102-12-33-55(52(92)53(93)67(105-33)111-60(95)15-3-24(71)40(80)25(72)4-15)107-66(101)21-10-31(78)45(85)51(91)54(21)104-32-11-20-38(50(90)46(32)86)37-17(7-28(75)44(84)49(37)89)63(98)108-56-34(13-103-62(20)97)106-68(112-61(96)16-5-26(73)41(81)27(74)6-16)58-57(56)109-64(99)18-8-29(76)42(82)47(87)35(18)36-19(65(100)110-58)9-30(77)43(83)48(36)88/h1-11,33-34,52-53,55-58,67-93H,12-13H2/t33-,34-,52-,53-,55-,56-,57+,58-,67+,68+/m1/s1. The molecule has 25 N–H and O–H groups in total. The van der Waals surface area contributed by atoms with Crippen molar-refractivity contribution in [3.8, 4) is 166 Å². The van der Waals surface area contributed by atoms with Crippen molar-refractivity contribution in [2.75, 3.05) is 13.2 Å². The molecule has 2 saturated heterocycles. The van der Waals surface area contributed by atoms with Crippen LogP contribution in [0.3, 0.4) is 0 Å². The Labute approximate surface area is 616 Å². The van der Waals surface area contributed by atoms with Crippen LogP contribution in [0.4, 0.5) is 0 Å². The van der Waals surface area contributed by atoms with Gasteiger partial charge in [-0.05, 0) is 54.6 Å². The van der Waals surface area contributed by atoms with E-state index in [4.69, 9.17) is 52.1 Å². The van der Waals surface area contributed by atoms with Crippen LogP contribution in [0.25, 0.3) is 22.3 Å². The van der Waals surface area contributed by atoms with Gasteiger partial charge in [-0.1, -0.05) is 0 Å². The molecule has 10 atom stereocenters. The molecule has 44 nitrogen and oxygen atoms in total. The molecule has 4 aliphatic rings. The summed E-state index contributed by atoms with van der Waals surface area (Å²) in [6.07, 6.45) is -25.9. The summed E-state index contributed by atoms with van der Waals surface area (Å²) in [6, 6.07) is 4.48. The predicted octanol–water partition coefficient (Wildman–Crippen LogP) is 1.77. The number of hydrogen-bond donors (Lipinski definition) is 25. The number of aromatic hydroxyl groups is 23. The van der Waals surface area contributed by atoms with Crippen molar-refractivity contribution >= 4 is 47.8 Å². The third kappa shape index (κ3) is 13.2. The summed E-state index contributed by atoms with van der Waals surface area (Å²) < 4.78 is 61.3.